The molecule has 138 valence electrons. The van der Waals surface area contributed by atoms with E-state index in [2.05, 4.69) is 36.6 Å². The molecule has 1 saturated heterocycles. The quantitative estimate of drug-likeness (QED) is 0.660. The lowest BCUT2D eigenvalue weighted by atomic mass is 9.99. The van der Waals surface area contributed by atoms with Crippen molar-refractivity contribution in [3.05, 3.63) is 29.3 Å². The second kappa shape index (κ2) is 7.27. The average Bonchev–Trinajstić information content (AvgIpc) is 3.37. The van der Waals surface area contributed by atoms with Crippen LogP contribution < -0.4 is 0 Å². The van der Waals surface area contributed by atoms with Crippen molar-refractivity contribution in [3.63, 3.8) is 0 Å². The number of hydrogen-bond donors (Lipinski definition) is 0. The minimum Gasteiger partial charge on any atom is -0.347 e. The van der Waals surface area contributed by atoms with Crippen LogP contribution in [0.15, 0.2) is 23.2 Å². The van der Waals surface area contributed by atoms with Crippen molar-refractivity contribution in [2.45, 2.75) is 81.9 Å². The Labute approximate surface area is 161 Å². The summed E-state index contributed by atoms with van der Waals surface area (Å²) in [6.07, 6.45) is 10.8. The molecule has 4 heteroatoms. The van der Waals surface area contributed by atoms with Crippen molar-refractivity contribution >= 4 is 22.6 Å². The van der Waals surface area contributed by atoms with E-state index in [1.165, 1.54) is 68.6 Å². The van der Waals surface area contributed by atoms with Gasteiger partial charge in [-0.1, -0.05) is 51.3 Å². The Bertz CT molecular complexity index is 734. The first-order valence-electron chi connectivity index (χ1n) is 10.2. The monoisotopic (exact) mass is 367 g/mol. The molecule has 0 aromatic heterocycles. The highest BCUT2D eigenvalue weighted by Crippen LogP contribution is 2.50. The Kier molecular flexibility index (Phi) is 5.01. The van der Waals surface area contributed by atoms with Crippen molar-refractivity contribution in [2.75, 3.05) is 6.54 Å². The second-order valence-corrected chi connectivity index (χ2v) is 9.93. The molecule has 2 saturated carbocycles. The smallest absolute Gasteiger partial charge is 0.165 e. The molecular weight excluding hydrogens is 338 g/mol. The fraction of sp³-hybridized carbons (Fsp3) is 0.636. The van der Waals surface area contributed by atoms with Crippen LogP contribution in [0.3, 0.4) is 0 Å². The van der Waals surface area contributed by atoms with Crippen LogP contribution >= 0.6 is 11.8 Å². The number of thioether (sulfide) groups is 1. The second-order valence-electron chi connectivity index (χ2n) is 8.49. The minimum absolute atomic E-state index is 0.370. The van der Waals surface area contributed by atoms with Crippen LogP contribution in [-0.4, -0.2) is 27.4 Å². The van der Waals surface area contributed by atoms with Gasteiger partial charge in [0.25, 0.3) is 0 Å². The van der Waals surface area contributed by atoms with Crippen LogP contribution in [0.2, 0.25) is 0 Å². The molecule has 0 N–H and O–H groups in total. The number of benzene rings is 1. The van der Waals surface area contributed by atoms with Gasteiger partial charge in [0.05, 0.1) is 17.3 Å². The topological polar surface area (TPSA) is 39.4 Å². The van der Waals surface area contributed by atoms with Crippen LogP contribution in [0, 0.1) is 11.3 Å². The number of aliphatic imine (C=N–C) groups is 1. The van der Waals surface area contributed by atoms with E-state index in [0.29, 0.717) is 16.7 Å². The standard InChI is InChI=1S/C22H29N3S/c1-16(2)19-13-17(14-23)9-10-20(19)24-21-25(18-7-3-4-8-18)15-22(26-21)11-5-6-12-22/h9-10,13,16,18H,3-8,11-12,15H2,1-2H3/b24-21-. The highest BCUT2D eigenvalue weighted by Gasteiger charge is 2.46. The van der Waals surface area contributed by atoms with Crippen LogP contribution in [0.25, 0.3) is 0 Å². The summed E-state index contributed by atoms with van der Waals surface area (Å²) in [5.74, 6) is 0.370. The van der Waals surface area contributed by atoms with Gasteiger partial charge in [0.1, 0.15) is 0 Å². The Balaban J connectivity index is 1.70. The van der Waals surface area contributed by atoms with E-state index in [4.69, 9.17) is 4.99 Å². The summed E-state index contributed by atoms with van der Waals surface area (Å²) >= 11 is 2.05. The molecule has 0 amide bonds. The molecule has 4 rings (SSSR count). The van der Waals surface area contributed by atoms with Gasteiger partial charge in [0.15, 0.2) is 5.17 Å². The lowest BCUT2D eigenvalue weighted by molar-refractivity contribution is 0.301. The lowest BCUT2D eigenvalue weighted by Gasteiger charge is -2.27. The SMILES string of the molecule is CC(C)c1cc(C#N)ccc1/N=C1\SC2(CCCC2)CN1C1CCCC1. The third-order valence-electron chi connectivity index (χ3n) is 6.29. The van der Waals surface area contributed by atoms with E-state index in [0.717, 1.165) is 11.3 Å². The molecule has 1 spiro atoms. The fourth-order valence-corrected chi connectivity index (χ4v) is 6.38. The largest absolute Gasteiger partial charge is 0.347 e. The molecule has 0 bridgehead atoms. The Morgan fingerprint density at radius 1 is 1.19 bits per heavy atom. The van der Waals surface area contributed by atoms with Crippen molar-refractivity contribution in [2.24, 2.45) is 4.99 Å². The van der Waals surface area contributed by atoms with Gasteiger partial charge in [-0.15, -0.1) is 0 Å². The van der Waals surface area contributed by atoms with E-state index >= 15 is 0 Å². The van der Waals surface area contributed by atoms with E-state index < -0.39 is 0 Å². The maximum Gasteiger partial charge on any atom is 0.165 e. The van der Waals surface area contributed by atoms with Gasteiger partial charge in [-0.2, -0.15) is 5.26 Å². The van der Waals surface area contributed by atoms with Gasteiger partial charge in [0, 0.05) is 17.3 Å². The van der Waals surface area contributed by atoms with Crippen molar-refractivity contribution in [3.8, 4) is 6.07 Å². The summed E-state index contributed by atoms with van der Waals surface area (Å²) in [6.45, 7) is 5.57. The maximum absolute atomic E-state index is 9.25. The Morgan fingerprint density at radius 3 is 2.58 bits per heavy atom. The summed E-state index contributed by atoms with van der Waals surface area (Å²) in [7, 11) is 0. The van der Waals surface area contributed by atoms with Crippen molar-refractivity contribution in [1.29, 1.82) is 5.26 Å². The average molecular weight is 368 g/mol. The normalized spacial score (nSPS) is 24.2. The van der Waals surface area contributed by atoms with Crippen LogP contribution in [0.4, 0.5) is 5.69 Å². The van der Waals surface area contributed by atoms with Gasteiger partial charge in [-0.05, 0) is 55.4 Å². The zero-order chi connectivity index (χ0) is 18.1. The van der Waals surface area contributed by atoms with Gasteiger partial charge in [-0.25, -0.2) is 4.99 Å². The van der Waals surface area contributed by atoms with Crippen molar-refractivity contribution in [1.82, 2.24) is 4.90 Å². The summed E-state index contributed by atoms with van der Waals surface area (Å²) in [6, 6.07) is 8.94. The van der Waals surface area contributed by atoms with E-state index in [-0.39, 0.29) is 0 Å². The fourth-order valence-electron chi connectivity index (χ4n) is 4.82. The highest BCUT2D eigenvalue weighted by molar-refractivity contribution is 8.15. The zero-order valence-corrected chi connectivity index (χ0v) is 16.8. The number of rotatable bonds is 3. The molecule has 1 aromatic rings. The van der Waals surface area contributed by atoms with Gasteiger partial charge in [0.2, 0.25) is 0 Å². The highest BCUT2D eigenvalue weighted by atomic mass is 32.2. The first-order valence-corrected chi connectivity index (χ1v) is 11.0. The third-order valence-corrected chi connectivity index (χ3v) is 7.77. The minimum atomic E-state index is 0.370. The summed E-state index contributed by atoms with van der Waals surface area (Å²) < 4.78 is 0.409. The molecule has 26 heavy (non-hydrogen) atoms. The maximum atomic E-state index is 9.25. The molecule has 0 unspecified atom stereocenters. The van der Waals surface area contributed by atoms with Gasteiger partial charge >= 0.3 is 0 Å². The molecule has 0 radical (unpaired) electrons. The van der Waals surface area contributed by atoms with Crippen LogP contribution in [-0.2, 0) is 0 Å². The summed E-state index contributed by atoms with van der Waals surface area (Å²) in [5, 5.41) is 10.5. The molecule has 3 aliphatic rings. The molecule has 2 aliphatic carbocycles. The third kappa shape index (κ3) is 3.39. The Hall–Kier alpha value is -1.47. The molecule has 1 aliphatic heterocycles. The molecule has 1 heterocycles. The zero-order valence-electron chi connectivity index (χ0n) is 16.0. The molecular formula is C22H29N3S. The van der Waals surface area contributed by atoms with Crippen molar-refractivity contribution < 1.29 is 0 Å². The van der Waals surface area contributed by atoms with E-state index in [1.54, 1.807) is 0 Å². The first kappa shape index (κ1) is 17.9. The number of nitriles is 1. The van der Waals surface area contributed by atoms with E-state index in [1.807, 2.05) is 18.2 Å². The van der Waals surface area contributed by atoms with Crippen LogP contribution in [0.1, 0.15) is 82.3 Å². The summed E-state index contributed by atoms with van der Waals surface area (Å²) in [4.78, 5) is 7.84. The predicted octanol–water partition coefficient (Wildman–Crippen LogP) is 5.97. The molecule has 0 atom stereocenters. The molecule has 3 fully saturated rings. The Morgan fingerprint density at radius 2 is 1.92 bits per heavy atom. The molecule has 1 aromatic carbocycles. The predicted molar refractivity (Wildman–Crippen MR) is 110 cm³/mol. The van der Waals surface area contributed by atoms with Gasteiger partial charge in [-0.3, -0.25) is 0 Å². The lowest BCUT2D eigenvalue weighted by Crippen LogP contribution is -2.37. The molecule has 3 nitrogen and oxygen atoms in total. The number of hydrogen-bond acceptors (Lipinski definition) is 3. The first-order chi connectivity index (χ1) is 12.6. The summed E-state index contributed by atoms with van der Waals surface area (Å²) in [5.41, 5.74) is 2.98. The van der Waals surface area contributed by atoms with Crippen LogP contribution in [0.5, 0.6) is 0 Å². The van der Waals surface area contributed by atoms with E-state index in [9.17, 15) is 5.26 Å². The number of amidine groups is 1. The number of nitrogens with zero attached hydrogens (tertiary/aromatic N) is 3. The van der Waals surface area contributed by atoms with Gasteiger partial charge < -0.3 is 4.90 Å².